The summed E-state index contributed by atoms with van der Waals surface area (Å²) in [6.07, 6.45) is -0.319. The van der Waals surface area contributed by atoms with Gasteiger partial charge < -0.3 is 5.73 Å². The molecule has 2 N–H and O–H groups in total. The van der Waals surface area contributed by atoms with Gasteiger partial charge in [0, 0.05) is 5.56 Å². The molecule has 1 aromatic rings. The largest absolute Gasteiger partial charge is 0.310 e. The van der Waals surface area contributed by atoms with Gasteiger partial charge in [-0.05, 0) is 33.1 Å². The van der Waals surface area contributed by atoms with Crippen molar-refractivity contribution >= 4 is 12.6 Å². The molecule has 0 bridgehead atoms. The average Bonchev–Trinajstić information content (AvgIpc) is 2.36. The molecule has 1 aromatic carbocycles. The van der Waals surface area contributed by atoms with Gasteiger partial charge in [0.2, 0.25) is 0 Å². The Morgan fingerprint density at radius 3 is 2.33 bits per heavy atom. The molecule has 94 valence electrons. The van der Waals surface area contributed by atoms with Crippen LogP contribution in [0.4, 0.5) is 0 Å². The molecule has 0 fully saturated rings. The number of rotatable bonds is 3. The van der Waals surface area contributed by atoms with E-state index in [2.05, 4.69) is 22.8 Å². The molecule has 4 nitrogen and oxygen atoms in total. The normalized spacial score (nSPS) is 13.8. The fourth-order valence-electron chi connectivity index (χ4n) is 1.50. The first-order chi connectivity index (χ1) is 8.40. The van der Waals surface area contributed by atoms with Crippen LogP contribution in [0.3, 0.4) is 0 Å². The zero-order valence-corrected chi connectivity index (χ0v) is 11.0. The summed E-state index contributed by atoms with van der Waals surface area (Å²) in [6.45, 7) is 9.02. The van der Waals surface area contributed by atoms with Gasteiger partial charge in [0.05, 0.1) is 17.6 Å². The second-order valence-electron chi connectivity index (χ2n) is 4.67. The maximum absolute atomic E-state index is 9.07. The second-order valence-corrected chi connectivity index (χ2v) is 4.67. The molecule has 0 saturated heterocycles. The summed E-state index contributed by atoms with van der Waals surface area (Å²) in [6, 6.07) is 9.83. The topological polar surface area (TPSA) is 74.5 Å². The number of nitrogens with two attached hydrogens (primary N) is 1. The summed E-state index contributed by atoms with van der Waals surface area (Å²) in [5.41, 5.74) is 6.91. The van der Waals surface area contributed by atoms with E-state index in [1.54, 1.807) is 6.92 Å². The van der Waals surface area contributed by atoms with Crippen LogP contribution in [0.1, 0.15) is 31.9 Å². The van der Waals surface area contributed by atoms with Crippen LogP contribution in [0.5, 0.6) is 0 Å². The van der Waals surface area contributed by atoms with E-state index in [9.17, 15) is 0 Å². The summed E-state index contributed by atoms with van der Waals surface area (Å²) >= 11 is 0. The van der Waals surface area contributed by atoms with Crippen molar-refractivity contribution in [2.75, 3.05) is 0 Å². The number of nitriles is 1. The molecule has 0 aliphatic heterocycles. The van der Waals surface area contributed by atoms with Gasteiger partial charge in [0.15, 0.2) is 5.84 Å². The van der Waals surface area contributed by atoms with Crippen molar-refractivity contribution in [1.29, 1.82) is 5.26 Å². The van der Waals surface area contributed by atoms with Gasteiger partial charge in [-0.3, -0.25) is 0 Å². The van der Waals surface area contributed by atoms with E-state index in [1.807, 2.05) is 38.1 Å². The van der Waals surface area contributed by atoms with Crippen LogP contribution in [-0.2, 0) is 5.41 Å². The lowest BCUT2D eigenvalue weighted by atomic mass is 9.86. The van der Waals surface area contributed by atoms with Crippen LogP contribution in [0.2, 0.25) is 0 Å². The van der Waals surface area contributed by atoms with Crippen LogP contribution >= 0.6 is 0 Å². The third-order valence-corrected chi connectivity index (χ3v) is 2.62. The predicted octanol–water partition coefficient (Wildman–Crippen LogP) is 2.24. The first-order valence-corrected chi connectivity index (χ1v) is 5.73. The molecule has 0 aromatic heterocycles. The van der Waals surface area contributed by atoms with Crippen molar-refractivity contribution in [2.24, 2.45) is 15.7 Å². The molecule has 4 heteroatoms. The van der Waals surface area contributed by atoms with Gasteiger partial charge in [-0.25, -0.2) is 9.98 Å². The number of amidine groups is 1. The van der Waals surface area contributed by atoms with Crippen LogP contribution in [0, 0.1) is 11.3 Å². The molecular weight excluding hydrogens is 224 g/mol. The highest BCUT2D eigenvalue weighted by atomic mass is 15.0. The van der Waals surface area contributed by atoms with Gasteiger partial charge in [-0.15, -0.1) is 0 Å². The molecule has 1 atom stereocenters. The Kier molecular flexibility index (Phi) is 4.35. The Morgan fingerprint density at radius 1 is 1.39 bits per heavy atom. The van der Waals surface area contributed by atoms with Gasteiger partial charge in [-0.2, -0.15) is 5.26 Å². The first kappa shape index (κ1) is 14.1. The van der Waals surface area contributed by atoms with Gasteiger partial charge in [0.1, 0.15) is 0 Å². The molecule has 0 radical (unpaired) electrons. The summed E-state index contributed by atoms with van der Waals surface area (Å²) in [7, 11) is 0. The lowest BCUT2D eigenvalue weighted by Crippen LogP contribution is -2.15. The van der Waals surface area contributed by atoms with Crippen LogP contribution < -0.4 is 5.73 Å². The lowest BCUT2D eigenvalue weighted by molar-refractivity contribution is 0.687. The van der Waals surface area contributed by atoms with E-state index in [0.717, 1.165) is 11.1 Å². The van der Waals surface area contributed by atoms with E-state index in [1.165, 1.54) is 0 Å². The Morgan fingerprint density at radius 2 is 1.94 bits per heavy atom. The SMILES string of the molecule is C=N/C(=N\C(C)N)c1ccc(C(C)(C)C#N)cc1. The minimum Gasteiger partial charge on any atom is -0.310 e. The van der Waals surface area contributed by atoms with E-state index in [-0.39, 0.29) is 6.17 Å². The Labute approximate surface area is 108 Å². The predicted molar refractivity (Wildman–Crippen MR) is 74.8 cm³/mol. The molecule has 1 rings (SSSR count). The number of nitrogens with zero attached hydrogens (tertiary/aromatic N) is 3. The third kappa shape index (κ3) is 3.25. The highest BCUT2D eigenvalue weighted by Gasteiger charge is 2.19. The van der Waals surface area contributed by atoms with E-state index < -0.39 is 5.41 Å². The van der Waals surface area contributed by atoms with Crippen molar-refractivity contribution in [3.05, 3.63) is 35.4 Å². The maximum Gasteiger partial charge on any atom is 0.155 e. The highest BCUT2D eigenvalue weighted by molar-refractivity contribution is 6.01. The second kappa shape index (κ2) is 5.56. The molecular formula is C14H18N4. The smallest absolute Gasteiger partial charge is 0.155 e. The average molecular weight is 242 g/mol. The van der Waals surface area contributed by atoms with E-state index >= 15 is 0 Å². The lowest BCUT2D eigenvalue weighted by Gasteiger charge is -2.15. The molecule has 0 aliphatic carbocycles. The van der Waals surface area contributed by atoms with Crippen LogP contribution in [0.25, 0.3) is 0 Å². The van der Waals surface area contributed by atoms with Crippen molar-refractivity contribution in [1.82, 2.24) is 0 Å². The number of aliphatic imine (C=N–C) groups is 2. The summed E-state index contributed by atoms with van der Waals surface area (Å²) in [5.74, 6) is 0.520. The molecule has 0 heterocycles. The van der Waals surface area contributed by atoms with Crippen molar-refractivity contribution < 1.29 is 0 Å². The fraction of sp³-hybridized carbons (Fsp3) is 0.357. The molecule has 0 amide bonds. The molecule has 1 unspecified atom stereocenters. The van der Waals surface area contributed by atoms with E-state index in [0.29, 0.717) is 5.84 Å². The fourth-order valence-corrected chi connectivity index (χ4v) is 1.50. The Balaban J connectivity index is 3.10. The minimum atomic E-state index is -0.501. The first-order valence-electron chi connectivity index (χ1n) is 5.73. The van der Waals surface area contributed by atoms with Crippen molar-refractivity contribution in [3.63, 3.8) is 0 Å². The molecule has 0 aliphatic rings. The minimum absolute atomic E-state index is 0.319. The number of hydrogen-bond donors (Lipinski definition) is 1. The summed E-state index contributed by atoms with van der Waals surface area (Å²) in [5, 5.41) is 9.07. The summed E-state index contributed by atoms with van der Waals surface area (Å²) < 4.78 is 0. The molecule has 0 spiro atoms. The number of hydrogen-bond acceptors (Lipinski definition) is 3. The quantitative estimate of drug-likeness (QED) is 0.652. The Hall–Kier alpha value is -1.99. The van der Waals surface area contributed by atoms with Crippen LogP contribution in [0.15, 0.2) is 34.3 Å². The zero-order chi connectivity index (χ0) is 13.8. The standard InChI is InChI=1S/C14H18N4/c1-10(16)18-13(17-4)11-5-7-12(8-6-11)14(2,3)9-15/h5-8,10H,4,16H2,1-3H3/b18-13-. The zero-order valence-electron chi connectivity index (χ0n) is 11.0. The monoisotopic (exact) mass is 242 g/mol. The van der Waals surface area contributed by atoms with Gasteiger partial charge in [0.25, 0.3) is 0 Å². The van der Waals surface area contributed by atoms with Crippen molar-refractivity contribution in [3.8, 4) is 6.07 Å². The Bertz CT molecular complexity index is 490. The molecule has 0 saturated carbocycles. The summed E-state index contributed by atoms with van der Waals surface area (Å²) in [4.78, 5) is 8.04. The van der Waals surface area contributed by atoms with Gasteiger partial charge >= 0.3 is 0 Å². The highest BCUT2D eigenvalue weighted by Crippen LogP contribution is 2.22. The van der Waals surface area contributed by atoms with Crippen LogP contribution in [-0.4, -0.2) is 18.7 Å². The van der Waals surface area contributed by atoms with E-state index in [4.69, 9.17) is 11.0 Å². The maximum atomic E-state index is 9.07. The molecule has 18 heavy (non-hydrogen) atoms. The number of benzene rings is 1. The van der Waals surface area contributed by atoms with Gasteiger partial charge in [-0.1, -0.05) is 24.3 Å². The van der Waals surface area contributed by atoms with Crippen molar-refractivity contribution in [2.45, 2.75) is 32.4 Å². The third-order valence-electron chi connectivity index (χ3n) is 2.62.